The molecule has 0 saturated carbocycles. The topological polar surface area (TPSA) is 43.6 Å². The zero-order valence-corrected chi connectivity index (χ0v) is 27.2. The first-order valence-corrected chi connectivity index (χ1v) is 16.5. The van der Waals surface area contributed by atoms with E-state index >= 15 is 0 Å². The van der Waals surface area contributed by atoms with Crippen molar-refractivity contribution in [1.29, 1.82) is 0 Å². The van der Waals surface area contributed by atoms with E-state index in [1.54, 1.807) is 24.3 Å². The molecule has 0 N–H and O–H groups in total. The summed E-state index contributed by atoms with van der Waals surface area (Å²) >= 11 is 0. The van der Waals surface area contributed by atoms with E-state index in [2.05, 4.69) is 0 Å². The fourth-order valence-electron chi connectivity index (χ4n) is 6.79. The molecule has 7 aromatic carbocycles. The Morgan fingerprint density at radius 2 is 1.02 bits per heavy atom. The van der Waals surface area contributed by atoms with Crippen LogP contribution in [0.15, 0.2) is 170 Å². The second-order valence-corrected chi connectivity index (χ2v) is 12.5. The van der Waals surface area contributed by atoms with Crippen molar-refractivity contribution in [1.82, 2.24) is 19.5 Å². The molecule has 0 unspecified atom stereocenters. The lowest BCUT2D eigenvalue weighted by Crippen LogP contribution is -2.14. The molecule has 246 valence electrons. The molecular formula is C48H34N4. The molecule has 0 saturated heterocycles. The van der Waals surface area contributed by atoms with E-state index in [-0.39, 0.29) is 34.0 Å². The van der Waals surface area contributed by atoms with Gasteiger partial charge in [0.2, 0.25) is 5.95 Å². The summed E-state index contributed by atoms with van der Waals surface area (Å²) in [5, 5.41) is -0.824. The maximum atomic E-state index is 10.0. The maximum absolute atomic E-state index is 10.0. The molecule has 1 aliphatic carbocycles. The minimum Gasteiger partial charge on any atom is -0.278 e. The van der Waals surface area contributed by atoms with Crippen LogP contribution in [0.1, 0.15) is 46.8 Å². The Balaban J connectivity index is 1.36. The van der Waals surface area contributed by atoms with Crippen LogP contribution in [0.4, 0.5) is 0 Å². The van der Waals surface area contributed by atoms with Crippen molar-refractivity contribution in [3.8, 4) is 62.1 Å². The monoisotopic (exact) mass is 682 g/mol. The quantitative estimate of drug-likeness (QED) is 0.181. The predicted molar refractivity (Wildman–Crippen MR) is 213 cm³/mol. The highest BCUT2D eigenvalue weighted by atomic mass is 15.2. The molecule has 0 amide bonds. The molecule has 4 heteroatoms. The summed E-state index contributed by atoms with van der Waals surface area (Å²) in [5.74, 6) is -0.113. The van der Waals surface area contributed by atoms with Crippen LogP contribution in [-0.2, 0) is 5.41 Å². The van der Waals surface area contributed by atoms with Crippen molar-refractivity contribution in [2.75, 3.05) is 0 Å². The number of rotatable bonds is 5. The highest BCUT2D eigenvalue weighted by molar-refractivity contribution is 6.11. The van der Waals surface area contributed by atoms with Crippen LogP contribution in [0.2, 0.25) is 0 Å². The normalized spacial score (nSPS) is 17.8. The van der Waals surface area contributed by atoms with Crippen molar-refractivity contribution in [3.05, 3.63) is 181 Å². The lowest BCUT2D eigenvalue weighted by molar-refractivity contribution is 0.661. The summed E-state index contributed by atoms with van der Waals surface area (Å²) in [7, 11) is 0. The number of hydrogen-bond donors (Lipinski definition) is 0. The Morgan fingerprint density at radius 1 is 0.481 bits per heavy atom. The van der Waals surface area contributed by atoms with E-state index in [9.17, 15) is 5.48 Å². The molecule has 2 heterocycles. The summed E-state index contributed by atoms with van der Waals surface area (Å²) in [4.78, 5) is 14.6. The molecule has 10 rings (SSSR count). The van der Waals surface area contributed by atoms with Crippen LogP contribution >= 0.6 is 0 Å². The largest absolute Gasteiger partial charge is 0.278 e. The third-order valence-electron chi connectivity index (χ3n) is 9.36. The second-order valence-electron chi connectivity index (χ2n) is 12.5. The molecule has 52 heavy (non-hydrogen) atoms. The molecule has 0 atom stereocenters. The van der Waals surface area contributed by atoms with Gasteiger partial charge in [0.1, 0.15) is 0 Å². The average Bonchev–Trinajstić information content (AvgIpc) is 3.88. The molecule has 0 radical (unpaired) electrons. The molecule has 4 nitrogen and oxygen atoms in total. The van der Waals surface area contributed by atoms with E-state index in [1.807, 2.05) is 84.9 Å². The zero-order valence-electron chi connectivity index (χ0n) is 43.2. The molecule has 0 aliphatic heterocycles. The van der Waals surface area contributed by atoms with Crippen LogP contribution in [0.3, 0.4) is 0 Å². The fourth-order valence-corrected chi connectivity index (χ4v) is 6.79. The van der Waals surface area contributed by atoms with Crippen LogP contribution in [0.25, 0.3) is 83.9 Å². The standard InChI is InChI=1S/C48H34N4/c1-48(2)41-19-11-9-17-37(41)39-30-44-40(29-42(39)48)38-18-10-12-20-43(38)52(44)47-50-45(35-25-21-33(22-26-35)31-13-5-3-6-14-31)49-46(51-47)36-27-23-34(24-28-36)32-15-7-4-8-16-32/h3-30H,1-2H3/i1D3,2D3,9D,10D,11D,12D,17D,18D,19D,20D,29D,30D. The summed E-state index contributed by atoms with van der Waals surface area (Å²) in [6.07, 6.45) is 0. The van der Waals surface area contributed by atoms with Gasteiger partial charge in [-0.3, -0.25) is 4.57 Å². The van der Waals surface area contributed by atoms with E-state index in [0.717, 1.165) is 26.8 Å². The second kappa shape index (κ2) is 11.7. The summed E-state index contributed by atoms with van der Waals surface area (Å²) < 4.78 is 146. The van der Waals surface area contributed by atoms with E-state index in [4.69, 9.17) is 31.4 Å². The Hall–Kier alpha value is -6.65. The van der Waals surface area contributed by atoms with Gasteiger partial charge in [-0.05, 0) is 62.6 Å². The zero-order chi connectivity index (χ0) is 48.5. The number of para-hydroxylation sites is 1. The lowest BCUT2D eigenvalue weighted by Gasteiger charge is -2.21. The fraction of sp³-hybridized carbons (Fsp3) is 0.0625. The van der Waals surface area contributed by atoms with Crippen LogP contribution in [0, 0.1) is 0 Å². The smallest absolute Gasteiger partial charge is 0.238 e. The number of nitrogens with zero attached hydrogens (tertiary/aromatic N) is 4. The Morgan fingerprint density at radius 3 is 1.63 bits per heavy atom. The number of aromatic nitrogens is 4. The van der Waals surface area contributed by atoms with E-state index in [0.29, 0.717) is 11.1 Å². The minimum absolute atomic E-state index is 0.0923. The van der Waals surface area contributed by atoms with Gasteiger partial charge in [-0.2, -0.15) is 9.97 Å². The van der Waals surface area contributed by atoms with Crippen LogP contribution < -0.4 is 0 Å². The van der Waals surface area contributed by atoms with Crippen molar-refractivity contribution in [2.45, 2.75) is 19.1 Å². The summed E-state index contributed by atoms with van der Waals surface area (Å²) in [6.45, 7) is -7.29. The van der Waals surface area contributed by atoms with Gasteiger partial charge in [0.15, 0.2) is 11.6 Å². The first-order chi connectivity index (χ1) is 32.2. The van der Waals surface area contributed by atoms with Gasteiger partial charge in [-0.15, -0.1) is 0 Å². The Labute approximate surface area is 325 Å². The predicted octanol–water partition coefficient (Wildman–Crippen LogP) is 11.9. The summed E-state index contributed by atoms with van der Waals surface area (Å²) in [6, 6.07) is 25.9. The molecule has 0 spiro atoms. The lowest BCUT2D eigenvalue weighted by atomic mass is 9.82. The molecule has 9 aromatic rings. The average molecular weight is 683 g/mol. The van der Waals surface area contributed by atoms with Crippen molar-refractivity contribution >= 4 is 21.8 Å². The van der Waals surface area contributed by atoms with Gasteiger partial charge in [0, 0.05) is 35.5 Å². The Kier molecular flexibility index (Phi) is 4.06. The van der Waals surface area contributed by atoms with E-state index < -0.39 is 107 Å². The first kappa shape index (κ1) is 18.0. The maximum Gasteiger partial charge on any atom is 0.238 e. The van der Waals surface area contributed by atoms with Gasteiger partial charge in [0.05, 0.1) is 24.7 Å². The molecular weight excluding hydrogens is 633 g/mol. The highest BCUT2D eigenvalue weighted by Crippen LogP contribution is 2.51. The van der Waals surface area contributed by atoms with Crippen molar-refractivity contribution < 1.29 is 21.9 Å². The number of fused-ring (bicyclic) bond motifs is 6. The van der Waals surface area contributed by atoms with Gasteiger partial charge in [-0.25, -0.2) is 4.98 Å². The number of hydrogen-bond acceptors (Lipinski definition) is 3. The molecule has 1 aliphatic rings. The van der Waals surface area contributed by atoms with Gasteiger partial charge in [0.25, 0.3) is 0 Å². The third-order valence-corrected chi connectivity index (χ3v) is 9.36. The van der Waals surface area contributed by atoms with E-state index in [1.165, 1.54) is 0 Å². The van der Waals surface area contributed by atoms with Gasteiger partial charge in [-0.1, -0.05) is 165 Å². The van der Waals surface area contributed by atoms with Crippen LogP contribution in [-0.4, -0.2) is 19.5 Å². The van der Waals surface area contributed by atoms with Crippen molar-refractivity contribution in [2.24, 2.45) is 0 Å². The summed E-state index contributed by atoms with van der Waals surface area (Å²) in [5.41, 5.74) is -2.21. The minimum atomic E-state index is -3.64. The van der Waals surface area contributed by atoms with Gasteiger partial charge >= 0.3 is 0 Å². The van der Waals surface area contributed by atoms with Gasteiger partial charge < -0.3 is 0 Å². The third kappa shape index (κ3) is 4.79. The first-order valence-electron chi connectivity index (χ1n) is 24.5. The molecule has 0 fully saturated rings. The SMILES string of the molecule is [2H]c1c([2H])c([2H])c2c(c1[2H])-c1c(c([2H])c3c4c([2H])c([2H])c([2H])c([2H])c4n(-c4nc(-c5ccc(-c6ccccc6)cc5)nc(-c5ccc(-c6ccccc6)cc5)n4)c3c1[2H])C2(C([2H])([2H])[2H])C([2H])([2H])[2H]. The highest BCUT2D eigenvalue weighted by Gasteiger charge is 2.36. The molecule has 0 bridgehead atoms. The molecule has 2 aromatic heterocycles. The van der Waals surface area contributed by atoms with Crippen molar-refractivity contribution in [3.63, 3.8) is 0 Å². The number of benzene rings is 7. The van der Waals surface area contributed by atoms with Crippen LogP contribution in [0.5, 0.6) is 0 Å². The Bertz CT molecular complexity index is 3460.